The van der Waals surface area contributed by atoms with Crippen LogP contribution in [-0.2, 0) is 4.79 Å². The minimum Gasteiger partial charge on any atom is -0.550 e. The van der Waals surface area contributed by atoms with E-state index in [1.54, 1.807) is 0 Å². The number of benzene rings is 1. The molecule has 0 saturated carbocycles. The van der Waals surface area contributed by atoms with E-state index < -0.39 is 5.97 Å². The first-order valence-corrected chi connectivity index (χ1v) is 5.78. The van der Waals surface area contributed by atoms with E-state index >= 15 is 0 Å². The Labute approximate surface area is 101 Å². The average molecular weight is 237 g/mol. The van der Waals surface area contributed by atoms with Gasteiger partial charge in [0, 0.05) is 18.0 Å². The predicted octanol–water partition coefficient (Wildman–Crippen LogP) is 0.287. The van der Waals surface area contributed by atoms with Crippen LogP contribution in [0.4, 0.5) is 0 Å². The number of carbonyl (C=O) groups is 1. The van der Waals surface area contributed by atoms with Gasteiger partial charge < -0.3 is 20.4 Å². The minimum atomic E-state index is -1.03. The molecule has 0 aromatic heterocycles. The third-order valence-electron chi connectivity index (χ3n) is 2.42. The molecule has 0 amide bonds. The van der Waals surface area contributed by atoms with Gasteiger partial charge in [-0.1, -0.05) is 0 Å². The van der Waals surface area contributed by atoms with Gasteiger partial charge in [0.15, 0.2) is 0 Å². The van der Waals surface area contributed by atoms with Gasteiger partial charge in [-0.2, -0.15) is 0 Å². The number of carboxylic acids is 1. The molecule has 0 heterocycles. The molecular weight excluding hydrogens is 218 g/mol. The second kappa shape index (κ2) is 6.25. The Morgan fingerprint density at radius 3 is 2.41 bits per heavy atom. The third kappa shape index (κ3) is 4.87. The largest absolute Gasteiger partial charge is 0.550 e. The minimum absolute atomic E-state index is 0.0269. The molecule has 0 aliphatic rings. The summed E-state index contributed by atoms with van der Waals surface area (Å²) in [6.45, 7) is 3.94. The highest BCUT2D eigenvalue weighted by Crippen LogP contribution is 2.19. The lowest BCUT2D eigenvalue weighted by Gasteiger charge is -2.12. The molecule has 0 bridgehead atoms. The Morgan fingerprint density at radius 2 is 1.94 bits per heavy atom. The van der Waals surface area contributed by atoms with Crippen LogP contribution in [0.25, 0.3) is 0 Å². The van der Waals surface area contributed by atoms with Crippen LogP contribution in [0.15, 0.2) is 24.3 Å². The lowest BCUT2D eigenvalue weighted by molar-refractivity contribution is -0.428. The molecule has 0 fully saturated rings. The first kappa shape index (κ1) is 13.5. The van der Waals surface area contributed by atoms with E-state index in [0.29, 0.717) is 6.42 Å². The summed E-state index contributed by atoms with van der Waals surface area (Å²) in [5, 5.41) is 10.4. The maximum atomic E-state index is 10.4. The van der Waals surface area contributed by atoms with Crippen molar-refractivity contribution in [2.75, 3.05) is 0 Å². The summed E-state index contributed by atoms with van der Waals surface area (Å²) in [4.78, 5) is 10.4. The summed E-state index contributed by atoms with van der Waals surface area (Å²) in [5.41, 5.74) is 4.95. The van der Waals surface area contributed by atoms with Crippen molar-refractivity contribution in [3.63, 3.8) is 0 Å². The number of hydrogen-bond donors (Lipinski definition) is 1. The fourth-order valence-electron chi connectivity index (χ4n) is 1.55. The van der Waals surface area contributed by atoms with Gasteiger partial charge in [-0.3, -0.25) is 0 Å². The number of hydrogen-bond acceptors (Lipinski definition) is 3. The average Bonchev–Trinajstić information content (AvgIpc) is 2.26. The van der Waals surface area contributed by atoms with E-state index in [1.807, 2.05) is 38.1 Å². The van der Waals surface area contributed by atoms with E-state index in [2.05, 4.69) is 5.73 Å². The summed E-state index contributed by atoms with van der Waals surface area (Å²) in [5.74, 6) is -0.214. The first-order valence-electron chi connectivity index (χ1n) is 5.78. The zero-order chi connectivity index (χ0) is 12.8. The molecule has 0 radical (unpaired) electrons. The SMILES string of the molecule is CC(C)Oc1ccc([C@@H]([NH3+])CCC(=O)[O-])cc1. The summed E-state index contributed by atoms with van der Waals surface area (Å²) in [6.07, 6.45) is 0.681. The van der Waals surface area contributed by atoms with Crippen molar-refractivity contribution in [1.82, 2.24) is 0 Å². The highest BCUT2D eigenvalue weighted by atomic mass is 16.5. The van der Waals surface area contributed by atoms with Gasteiger partial charge >= 0.3 is 0 Å². The van der Waals surface area contributed by atoms with E-state index in [1.165, 1.54) is 0 Å². The fourth-order valence-corrected chi connectivity index (χ4v) is 1.55. The van der Waals surface area contributed by atoms with Crippen LogP contribution in [0.1, 0.15) is 38.3 Å². The zero-order valence-electron chi connectivity index (χ0n) is 10.3. The van der Waals surface area contributed by atoms with E-state index in [9.17, 15) is 9.90 Å². The van der Waals surface area contributed by atoms with Crippen LogP contribution in [-0.4, -0.2) is 12.1 Å². The number of carboxylic acid groups (broad SMARTS) is 1. The Kier molecular flexibility index (Phi) is 4.97. The van der Waals surface area contributed by atoms with Crippen molar-refractivity contribution in [3.8, 4) is 5.75 Å². The summed E-state index contributed by atoms with van der Waals surface area (Å²) >= 11 is 0. The Bertz CT molecular complexity index is 359. The lowest BCUT2D eigenvalue weighted by Crippen LogP contribution is -2.53. The van der Waals surface area contributed by atoms with Gasteiger partial charge in [-0.15, -0.1) is 0 Å². The number of aliphatic carboxylic acids is 1. The van der Waals surface area contributed by atoms with Gasteiger partial charge in [0.05, 0.1) is 6.10 Å². The van der Waals surface area contributed by atoms with Crippen molar-refractivity contribution < 1.29 is 20.4 Å². The Hall–Kier alpha value is -1.55. The first-order chi connectivity index (χ1) is 7.99. The highest BCUT2D eigenvalue weighted by Gasteiger charge is 2.09. The second-order valence-electron chi connectivity index (χ2n) is 4.34. The van der Waals surface area contributed by atoms with Gasteiger partial charge in [0.25, 0.3) is 0 Å². The van der Waals surface area contributed by atoms with Gasteiger partial charge in [-0.25, -0.2) is 0 Å². The van der Waals surface area contributed by atoms with Crippen LogP contribution in [0.2, 0.25) is 0 Å². The lowest BCUT2D eigenvalue weighted by atomic mass is 10.0. The number of rotatable bonds is 6. The molecule has 0 unspecified atom stereocenters. The van der Waals surface area contributed by atoms with E-state index in [0.717, 1.165) is 11.3 Å². The summed E-state index contributed by atoms with van der Waals surface area (Å²) in [7, 11) is 0. The van der Waals surface area contributed by atoms with Crippen molar-refractivity contribution in [2.45, 2.75) is 38.8 Å². The molecule has 94 valence electrons. The quantitative estimate of drug-likeness (QED) is 0.772. The normalized spacial score (nSPS) is 12.5. The third-order valence-corrected chi connectivity index (χ3v) is 2.42. The second-order valence-corrected chi connectivity index (χ2v) is 4.34. The highest BCUT2D eigenvalue weighted by molar-refractivity contribution is 5.64. The molecule has 1 atom stereocenters. The van der Waals surface area contributed by atoms with Crippen molar-refractivity contribution in [2.24, 2.45) is 0 Å². The number of ether oxygens (including phenoxy) is 1. The fraction of sp³-hybridized carbons (Fsp3) is 0.462. The summed E-state index contributed by atoms with van der Waals surface area (Å²) < 4.78 is 5.52. The number of quaternary nitrogens is 1. The molecular formula is C13H19NO3. The zero-order valence-corrected chi connectivity index (χ0v) is 10.3. The Morgan fingerprint density at radius 1 is 1.35 bits per heavy atom. The molecule has 0 aliphatic heterocycles. The van der Waals surface area contributed by atoms with E-state index in [-0.39, 0.29) is 18.6 Å². The standard InChI is InChI=1S/C13H19NO3/c1-9(2)17-11-5-3-10(4-6-11)12(14)7-8-13(15)16/h3-6,9,12H,7-8,14H2,1-2H3,(H,15,16)/t12-/m0/s1. The summed E-state index contributed by atoms with van der Waals surface area (Å²) in [6, 6.07) is 7.58. The number of carbonyl (C=O) groups excluding carboxylic acids is 1. The molecule has 1 rings (SSSR count). The van der Waals surface area contributed by atoms with Crippen LogP contribution >= 0.6 is 0 Å². The maximum Gasteiger partial charge on any atom is 0.119 e. The van der Waals surface area contributed by atoms with Gasteiger partial charge in [0.1, 0.15) is 11.8 Å². The predicted molar refractivity (Wildman–Crippen MR) is 62.1 cm³/mol. The molecule has 4 nitrogen and oxygen atoms in total. The van der Waals surface area contributed by atoms with Crippen LogP contribution in [0, 0.1) is 0 Å². The van der Waals surface area contributed by atoms with Crippen LogP contribution in [0.5, 0.6) is 5.75 Å². The maximum absolute atomic E-state index is 10.4. The molecule has 3 N–H and O–H groups in total. The van der Waals surface area contributed by atoms with Crippen LogP contribution < -0.4 is 15.6 Å². The van der Waals surface area contributed by atoms with Gasteiger partial charge in [0.2, 0.25) is 0 Å². The molecule has 4 heteroatoms. The molecule has 1 aromatic rings. The topological polar surface area (TPSA) is 77.0 Å². The molecule has 0 saturated heterocycles. The Balaban J connectivity index is 2.57. The molecule has 17 heavy (non-hydrogen) atoms. The molecule has 0 aliphatic carbocycles. The van der Waals surface area contributed by atoms with Crippen molar-refractivity contribution in [3.05, 3.63) is 29.8 Å². The van der Waals surface area contributed by atoms with E-state index in [4.69, 9.17) is 4.74 Å². The van der Waals surface area contributed by atoms with Crippen molar-refractivity contribution in [1.29, 1.82) is 0 Å². The molecule has 0 spiro atoms. The van der Waals surface area contributed by atoms with Crippen LogP contribution in [0.3, 0.4) is 0 Å². The monoisotopic (exact) mass is 237 g/mol. The molecule has 1 aromatic carbocycles. The van der Waals surface area contributed by atoms with Crippen molar-refractivity contribution >= 4 is 5.97 Å². The smallest absolute Gasteiger partial charge is 0.119 e. The van der Waals surface area contributed by atoms with Gasteiger partial charge in [-0.05, 0) is 44.5 Å².